The molecule has 0 spiro atoms. The van der Waals surface area contributed by atoms with E-state index in [-0.39, 0.29) is 12.5 Å². The number of hydrogen-bond acceptors (Lipinski definition) is 2. The lowest BCUT2D eigenvalue weighted by Gasteiger charge is -2.28. The van der Waals surface area contributed by atoms with E-state index in [1.807, 2.05) is 25.1 Å². The molecule has 0 fully saturated rings. The minimum atomic E-state index is 0.133. The molecule has 20 heavy (non-hydrogen) atoms. The first-order chi connectivity index (χ1) is 9.67. The van der Waals surface area contributed by atoms with Crippen molar-refractivity contribution in [2.45, 2.75) is 19.8 Å². The number of terminal acetylenes is 1. The van der Waals surface area contributed by atoms with E-state index in [1.165, 1.54) is 0 Å². The summed E-state index contributed by atoms with van der Waals surface area (Å²) in [7, 11) is 0. The first kappa shape index (κ1) is 14.5. The number of halogens is 1. The smallest absolute Gasteiger partial charge is 0.227 e. The molecule has 0 N–H and O–H groups in total. The maximum absolute atomic E-state index is 11.9. The third kappa shape index (κ3) is 2.97. The number of amides is 1. The van der Waals surface area contributed by atoms with Gasteiger partial charge in [-0.3, -0.25) is 4.79 Å². The molecular formula is C16H16ClNO2. The van der Waals surface area contributed by atoms with E-state index in [2.05, 4.69) is 5.92 Å². The molecule has 3 nitrogen and oxygen atoms in total. The Balaban J connectivity index is 2.31. The first-order valence-electron chi connectivity index (χ1n) is 6.54. The molecule has 0 bridgehead atoms. The number of hydrogen-bond donors (Lipinski definition) is 0. The van der Waals surface area contributed by atoms with Gasteiger partial charge in [-0.2, -0.15) is 0 Å². The summed E-state index contributed by atoms with van der Waals surface area (Å²) in [6.45, 7) is 2.80. The number of nitrogens with zero attached hydrogens (tertiary/aromatic N) is 1. The summed E-state index contributed by atoms with van der Waals surface area (Å²) in [6, 6.07) is 5.40. The maximum atomic E-state index is 11.9. The summed E-state index contributed by atoms with van der Waals surface area (Å²) >= 11 is 6.30. The minimum absolute atomic E-state index is 0.133. The van der Waals surface area contributed by atoms with Gasteiger partial charge in [0, 0.05) is 24.2 Å². The highest BCUT2D eigenvalue weighted by Crippen LogP contribution is 2.32. The Kier molecular flexibility index (Phi) is 4.70. The Bertz CT molecular complexity index is 587. The number of allylic oxidation sites excluding steroid dienone is 1. The van der Waals surface area contributed by atoms with Crippen LogP contribution in [0.15, 0.2) is 24.3 Å². The number of benzene rings is 1. The minimum Gasteiger partial charge on any atom is -0.481 e. The maximum Gasteiger partial charge on any atom is 0.227 e. The van der Waals surface area contributed by atoms with Crippen LogP contribution < -0.4 is 4.74 Å². The molecule has 104 valence electrons. The highest BCUT2D eigenvalue weighted by molar-refractivity contribution is 6.32. The van der Waals surface area contributed by atoms with Gasteiger partial charge < -0.3 is 9.64 Å². The predicted molar refractivity (Wildman–Crippen MR) is 80.4 cm³/mol. The van der Waals surface area contributed by atoms with Gasteiger partial charge in [0.25, 0.3) is 0 Å². The van der Waals surface area contributed by atoms with E-state index in [0.717, 1.165) is 17.7 Å². The van der Waals surface area contributed by atoms with Crippen molar-refractivity contribution in [1.29, 1.82) is 0 Å². The average molecular weight is 290 g/mol. The van der Waals surface area contributed by atoms with Crippen molar-refractivity contribution in [2.75, 3.05) is 13.2 Å². The molecule has 2 rings (SSSR count). The quantitative estimate of drug-likeness (QED) is 0.796. The highest BCUT2D eigenvalue weighted by Gasteiger charge is 2.22. The van der Waals surface area contributed by atoms with Crippen LogP contribution in [0, 0.1) is 12.3 Å². The van der Waals surface area contributed by atoms with Crippen molar-refractivity contribution >= 4 is 23.2 Å². The molecule has 1 aliphatic rings. The third-order valence-electron chi connectivity index (χ3n) is 3.14. The zero-order chi connectivity index (χ0) is 14.5. The lowest BCUT2D eigenvalue weighted by molar-refractivity contribution is -0.128. The lowest BCUT2D eigenvalue weighted by Crippen LogP contribution is -2.31. The Morgan fingerprint density at radius 1 is 1.50 bits per heavy atom. The number of carbonyl (C=O) groups excluding carboxylic acids is 1. The van der Waals surface area contributed by atoms with Crippen LogP contribution >= 0.6 is 11.6 Å². The van der Waals surface area contributed by atoms with Crippen LogP contribution in [0.4, 0.5) is 0 Å². The molecule has 0 aliphatic carbocycles. The van der Waals surface area contributed by atoms with Gasteiger partial charge in [-0.15, -0.1) is 6.42 Å². The summed E-state index contributed by atoms with van der Waals surface area (Å²) in [5.74, 6) is 3.17. The van der Waals surface area contributed by atoms with Crippen molar-refractivity contribution in [3.05, 3.63) is 34.9 Å². The van der Waals surface area contributed by atoms with Gasteiger partial charge in [0.15, 0.2) is 0 Å². The van der Waals surface area contributed by atoms with Gasteiger partial charge in [0.1, 0.15) is 12.4 Å². The number of rotatable bonds is 4. The Morgan fingerprint density at radius 3 is 2.95 bits per heavy atom. The third-order valence-corrected chi connectivity index (χ3v) is 3.46. The van der Waals surface area contributed by atoms with Crippen LogP contribution in [0.3, 0.4) is 0 Å². The molecule has 0 radical (unpaired) electrons. The molecule has 0 atom stereocenters. The molecule has 1 aromatic rings. The van der Waals surface area contributed by atoms with E-state index >= 15 is 0 Å². The second kappa shape index (κ2) is 6.49. The SMILES string of the molecule is C#CCOc1ccc(C2=CCCC(=O)N2CC)c(Cl)c1. The summed E-state index contributed by atoms with van der Waals surface area (Å²) in [6.07, 6.45) is 8.50. The molecule has 0 aromatic heterocycles. The molecule has 1 amide bonds. The molecule has 1 heterocycles. The van der Waals surface area contributed by atoms with Crippen molar-refractivity contribution < 1.29 is 9.53 Å². The second-order valence-corrected chi connectivity index (χ2v) is 4.81. The zero-order valence-corrected chi connectivity index (χ0v) is 12.1. The van der Waals surface area contributed by atoms with Crippen LogP contribution in [0.5, 0.6) is 5.75 Å². The van der Waals surface area contributed by atoms with Crippen molar-refractivity contribution in [3.8, 4) is 18.1 Å². The largest absolute Gasteiger partial charge is 0.481 e. The lowest BCUT2D eigenvalue weighted by atomic mass is 10.0. The van der Waals surface area contributed by atoms with Gasteiger partial charge in [0.05, 0.1) is 5.02 Å². The van der Waals surface area contributed by atoms with E-state index < -0.39 is 0 Å². The van der Waals surface area contributed by atoms with Crippen LogP contribution in [-0.4, -0.2) is 24.0 Å². The van der Waals surface area contributed by atoms with E-state index in [0.29, 0.717) is 23.7 Å². The summed E-state index contributed by atoms with van der Waals surface area (Å²) in [5.41, 5.74) is 1.71. The summed E-state index contributed by atoms with van der Waals surface area (Å²) in [5, 5.41) is 0.555. The van der Waals surface area contributed by atoms with Gasteiger partial charge in [0.2, 0.25) is 5.91 Å². The van der Waals surface area contributed by atoms with E-state index in [4.69, 9.17) is 22.8 Å². The van der Waals surface area contributed by atoms with E-state index in [1.54, 1.807) is 11.0 Å². The van der Waals surface area contributed by atoms with Gasteiger partial charge in [-0.25, -0.2) is 0 Å². The van der Waals surface area contributed by atoms with Crippen molar-refractivity contribution in [1.82, 2.24) is 4.90 Å². The molecular weight excluding hydrogens is 274 g/mol. The topological polar surface area (TPSA) is 29.5 Å². The summed E-state index contributed by atoms with van der Waals surface area (Å²) < 4.78 is 5.33. The number of ether oxygens (including phenoxy) is 1. The monoisotopic (exact) mass is 289 g/mol. The van der Waals surface area contributed by atoms with Crippen LogP contribution in [0.25, 0.3) is 5.70 Å². The molecule has 0 saturated carbocycles. The van der Waals surface area contributed by atoms with Gasteiger partial charge in [-0.05, 0) is 31.5 Å². The number of carbonyl (C=O) groups is 1. The standard InChI is InChI=1S/C16H16ClNO2/c1-3-10-20-12-8-9-13(14(17)11-12)15-6-5-7-16(19)18(15)4-2/h1,6,8-9,11H,4-5,7,10H2,2H3. The van der Waals surface area contributed by atoms with Gasteiger partial charge in [-0.1, -0.05) is 23.6 Å². The van der Waals surface area contributed by atoms with Crippen molar-refractivity contribution in [2.24, 2.45) is 0 Å². The van der Waals surface area contributed by atoms with Gasteiger partial charge >= 0.3 is 0 Å². The molecule has 0 unspecified atom stereocenters. The normalized spacial score (nSPS) is 14.8. The van der Waals surface area contributed by atoms with Crippen molar-refractivity contribution in [3.63, 3.8) is 0 Å². The predicted octanol–water partition coefficient (Wildman–Crippen LogP) is 3.34. The Labute approximate surface area is 124 Å². The highest BCUT2D eigenvalue weighted by atomic mass is 35.5. The molecule has 1 aliphatic heterocycles. The van der Waals surface area contributed by atoms with Crippen LogP contribution in [0.1, 0.15) is 25.3 Å². The zero-order valence-electron chi connectivity index (χ0n) is 11.4. The molecule has 4 heteroatoms. The first-order valence-corrected chi connectivity index (χ1v) is 6.92. The van der Waals surface area contributed by atoms with Crippen LogP contribution in [0.2, 0.25) is 5.02 Å². The Morgan fingerprint density at radius 2 is 2.30 bits per heavy atom. The Hall–Kier alpha value is -1.92. The fourth-order valence-electron chi connectivity index (χ4n) is 2.23. The fraction of sp³-hybridized carbons (Fsp3) is 0.312. The van der Waals surface area contributed by atoms with E-state index in [9.17, 15) is 4.79 Å². The molecule has 1 aromatic carbocycles. The average Bonchev–Trinajstić information content (AvgIpc) is 2.45. The van der Waals surface area contributed by atoms with Crippen LogP contribution in [-0.2, 0) is 4.79 Å². The summed E-state index contributed by atoms with van der Waals surface area (Å²) in [4.78, 5) is 13.7. The fourth-order valence-corrected chi connectivity index (χ4v) is 2.50. The second-order valence-electron chi connectivity index (χ2n) is 4.40. The molecule has 0 saturated heterocycles.